The highest BCUT2D eigenvalue weighted by atomic mass is 15.1. The van der Waals surface area contributed by atoms with Crippen molar-refractivity contribution in [2.45, 2.75) is 65.2 Å². The van der Waals surface area contributed by atoms with E-state index in [4.69, 9.17) is 0 Å². The first-order valence-corrected chi connectivity index (χ1v) is 19.6. The van der Waals surface area contributed by atoms with Crippen molar-refractivity contribution in [3.8, 4) is 11.1 Å². The van der Waals surface area contributed by atoms with Gasteiger partial charge in [-0.1, -0.05) is 122 Å². The molecule has 8 rings (SSSR count). The third-order valence-electron chi connectivity index (χ3n) is 11.4. The molecule has 0 N–H and O–H groups in total. The molecule has 0 bridgehead atoms. The first-order chi connectivity index (χ1) is 26.4. The molecule has 0 saturated carbocycles. The maximum Gasteiger partial charge on any atom is 0.0462 e. The Balaban J connectivity index is 1.04. The summed E-state index contributed by atoms with van der Waals surface area (Å²) < 4.78 is 0. The Kier molecular flexibility index (Phi) is 10.2. The Morgan fingerprint density at radius 3 is 1.28 bits per heavy atom. The summed E-state index contributed by atoms with van der Waals surface area (Å²) in [6.45, 7) is 9.02. The van der Waals surface area contributed by atoms with E-state index in [1.165, 1.54) is 51.9 Å². The maximum atomic E-state index is 2.46. The molecule has 7 aromatic carbocycles. The lowest BCUT2D eigenvalue weighted by molar-refractivity contribution is 0.543. The van der Waals surface area contributed by atoms with Crippen LogP contribution >= 0.6 is 0 Å². The van der Waals surface area contributed by atoms with Crippen molar-refractivity contribution in [2.75, 3.05) is 9.80 Å². The molecule has 1 aliphatic rings. The lowest BCUT2D eigenvalue weighted by atomic mass is 9.81. The second-order valence-electron chi connectivity index (χ2n) is 15.1. The molecule has 0 radical (unpaired) electrons. The van der Waals surface area contributed by atoms with Gasteiger partial charge in [0.1, 0.15) is 0 Å². The number of hydrogen-bond donors (Lipinski definition) is 0. The van der Waals surface area contributed by atoms with Gasteiger partial charge < -0.3 is 9.80 Å². The van der Waals surface area contributed by atoms with Gasteiger partial charge >= 0.3 is 0 Å². The molecule has 268 valence electrons. The monoisotopic (exact) mass is 702 g/mol. The van der Waals surface area contributed by atoms with E-state index in [1.807, 2.05) is 0 Å². The van der Waals surface area contributed by atoms with Crippen LogP contribution in [-0.4, -0.2) is 0 Å². The average Bonchev–Trinajstić information content (AvgIpc) is 3.20. The Labute approximate surface area is 322 Å². The van der Waals surface area contributed by atoms with Crippen molar-refractivity contribution >= 4 is 34.1 Å². The molecule has 0 saturated heterocycles. The highest BCUT2D eigenvalue weighted by Crippen LogP contribution is 2.40. The third kappa shape index (κ3) is 7.48. The third-order valence-corrected chi connectivity index (χ3v) is 11.4. The van der Waals surface area contributed by atoms with Gasteiger partial charge in [-0.25, -0.2) is 0 Å². The quantitative estimate of drug-likeness (QED) is 0.125. The van der Waals surface area contributed by atoms with Crippen LogP contribution in [0.1, 0.15) is 71.9 Å². The van der Waals surface area contributed by atoms with Gasteiger partial charge in [0.25, 0.3) is 0 Å². The summed E-state index contributed by atoms with van der Waals surface area (Å²) in [5.41, 5.74) is 17.8. The summed E-state index contributed by atoms with van der Waals surface area (Å²) in [7, 11) is 0. The van der Waals surface area contributed by atoms with Crippen LogP contribution in [-0.2, 0) is 12.8 Å². The van der Waals surface area contributed by atoms with Crippen molar-refractivity contribution in [1.82, 2.24) is 0 Å². The summed E-state index contributed by atoms with van der Waals surface area (Å²) in [5, 5.41) is 0. The van der Waals surface area contributed by atoms with Crippen molar-refractivity contribution in [3.63, 3.8) is 0 Å². The number of para-hydroxylation sites is 1. The Hall–Kier alpha value is -5.86. The van der Waals surface area contributed by atoms with E-state index < -0.39 is 0 Å². The SMILES string of the molecule is CCC(CC(C)c1ccc2c(c1)CC2)c1ccc(N(c2ccc(C)cc2)c2ccc(-c3ccc(N(c4ccccc4)c4ccc(C)cc4)cc3)cc2)cc1. The zero-order valence-electron chi connectivity index (χ0n) is 32.0. The molecular weight excluding hydrogens is 653 g/mol. The van der Waals surface area contributed by atoms with Gasteiger partial charge in [0.05, 0.1) is 0 Å². The lowest BCUT2D eigenvalue weighted by Crippen LogP contribution is -2.11. The minimum Gasteiger partial charge on any atom is -0.311 e. The first-order valence-electron chi connectivity index (χ1n) is 19.6. The van der Waals surface area contributed by atoms with Crippen LogP contribution in [0.4, 0.5) is 34.1 Å². The summed E-state index contributed by atoms with van der Waals surface area (Å²) in [6, 6.07) is 62.7. The van der Waals surface area contributed by atoms with Gasteiger partial charge in [-0.15, -0.1) is 0 Å². The predicted molar refractivity (Wildman–Crippen MR) is 231 cm³/mol. The van der Waals surface area contributed by atoms with Crippen LogP contribution in [0.5, 0.6) is 0 Å². The van der Waals surface area contributed by atoms with Crippen LogP contribution in [0.3, 0.4) is 0 Å². The number of hydrogen-bond acceptors (Lipinski definition) is 2. The summed E-state index contributed by atoms with van der Waals surface area (Å²) in [6.07, 6.45) is 4.78. The molecule has 2 heteroatoms. The molecule has 54 heavy (non-hydrogen) atoms. The van der Waals surface area contributed by atoms with Crippen LogP contribution in [0.15, 0.2) is 170 Å². The summed E-state index contributed by atoms with van der Waals surface area (Å²) in [5.74, 6) is 1.06. The molecule has 0 aliphatic heterocycles. The summed E-state index contributed by atoms with van der Waals surface area (Å²) in [4.78, 5) is 4.69. The molecule has 0 spiro atoms. The van der Waals surface area contributed by atoms with Gasteiger partial charge in [0.2, 0.25) is 0 Å². The Bertz CT molecular complexity index is 2290. The van der Waals surface area contributed by atoms with Crippen LogP contribution in [0.25, 0.3) is 11.1 Å². The smallest absolute Gasteiger partial charge is 0.0462 e. The molecule has 7 aromatic rings. The minimum atomic E-state index is 0.523. The maximum absolute atomic E-state index is 2.46. The number of benzene rings is 7. The van der Waals surface area contributed by atoms with E-state index in [1.54, 1.807) is 11.1 Å². The van der Waals surface area contributed by atoms with E-state index in [0.29, 0.717) is 11.8 Å². The number of rotatable bonds is 12. The van der Waals surface area contributed by atoms with Gasteiger partial charge in [0, 0.05) is 34.1 Å². The molecule has 0 fully saturated rings. The number of aryl methyl sites for hydroxylation is 4. The lowest BCUT2D eigenvalue weighted by Gasteiger charge is -2.27. The Morgan fingerprint density at radius 2 is 0.852 bits per heavy atom. The highest BCUT2D eigenvalue weighted by molar-refractivity contribution is 5.80. The van der Waals surface area contributed by atoms with Gasteiger partial charge in [-0.3, -0.25) is 0 Å². The molecule has 2 unspecified atom stereocenters. The highest BCUT2D eigenvalue weighted by Gasteiger charge is 2.20. The van der Waals surface area contributed by atoms with Crippen molar-refractivity contribution in [1.29, 1.82) is 0 Å². The molecule has 0 aromatic heterocycles. The molecule has 2 nitrogen and oxygen atoms in total. The largest absolute Gasteiger partial charge is 0.311 e. The average molecular weight is 703 g/mol. The van der Waals surface area contributed by atoms with E-state index >= 15 is 0 Å². The van der Waals surface area contributed by atoms with E-state index in [-0.39, 0.29) is 0 Å². The molecule has 0 heterocycles. The number of fused-ring (bicyclic) bond motifs is 1. The zero-order chi connectivity index (χ0) is 37.0. The van der Waals surface area contributed by atoms with Crippen LogP contribution in [0, 0.1) is 13.8 Å². The van der Waals surface area contributed by atoms with Crippen molar-refractivity contribution < 1.29 is 0 Å². The molecular formula is C52H50N2. The van der Waals surface area contributed by atoms with Gasteiger partial charge in [-0.2, -0.15) is 0 Å². The van der Waals surface area contributed by atoms with Crippen LogP contribution < -0.4 is 9.80 Å². The zero-order valence-corrected chi connectivity index (χ0v) is 32.0. The van der Waals surface area contributed by atoms with E-state index in [0.717, 1.165) is 41.3 Å². The van der Waals surface area contributed by atoms with Gasteiger partial charge in [-0.05, 0) is 158 Å². The topological polar surface area (TPSA) is 6.48 Å². The Morgan fingerprint density at radius 1 is 0.444 bits per heavy atom. The van der Waals surface area contributed by atoms with Crippen molar-refractivity contribution in [3.05, 3.63) is 203 Å². The van der Waals surface area contributed by atoms with Gasteiger partial charge in [0.15, 0.2) is 0 Å². The minimum absolute atomic E-state index is 0.523. The van der Waals surface area contributed by atoms with Crippen LogP contribution in [0.2, 0.25) is 0 Å². The fourth-order valence-electron chi connectivity index (χ4n) is 7.98. The van der Waals surface area contributed by atoms with E-state index in [2.05, 4.69) is 207 Å². The van der Waals surface area contributed by atoms with Crippen molar-refractivity contribution in [2.24, 2.45) is 0 Å². The number of anilines is 6. The summed E-state index contributed by atoms with van der Waals surface area (Å²) >= 11 is 0. The second-order valence-corrected chi connectivity index (χ2v) is 15.1. The second kappa shape index (κ2) is 15.6. The fraction of sp³-hybridized carbons (Fsp3) is 0.192. The number of nitrogens with zero attached hydrogens (tertiary/aromatic N) is 2. The normalized spacial score (nSPS) is 13.0. The molecule has 1 aliphatic carbocycles. The van der Waals surface area contributed by atoms with E-state index in [9.17, 15) is 0 Å². The molecule has 2 atom stereocenters. The first kappa shape index (κ1) is 35.2. The predicted octanol–water partition coefficient (Wildman–Crippen LogP) is 14.7. The standard InChI is InChI=1S/C52H50N2/c1-5-40(35-39(4)45-17-15-44-16-18-46(44)36-45)41-19-29-51(30-20-41)54(49-27-13-38(3)14-28-49)52-33-23-43(24-34-52)42-21-31-50(32-22-42)53(47-9-7-6-8-10-47)48-25-11-37(2)12-26-48/h6-15,17,19-34,36,39-40H,5,16,18,35H2,1-4H3. The molecule has 0 amide bonds. The fourth-order valence-corrected chi connectivity index (χ4v) is 7.98.